The average molecular weight is 343 g/mol. The van der Waals surface area contributed by atoms with Gasteiger partial charge in [-0.3, -0.25) is 0 Å². The average Bonchev–Trinajstić information content (AvgIpc) is 2.95. The molecule has 2 aromatic rings. The Balaban J connectivity index is 2.05. The van der Waals surface area contributed by atoms with E-state index in [0.717, 1.165) is 17.8 Å². The lowest BCUT2D eigenvalue weighted by molar-refractivity contribution is -0.139. The van der Waals surface area contributed by atoms with Gasteiger partial charge in [0.15, 0.2) is 5.84 Å². The highest BCUT2D eigenvalue weighted by Crippen LogP contribution is 2.37. The van der Waals surface area contributed by atoms with Gasteiger partial charge < -0.3 is 20.2 Å². The molecule has 0 amide bonds. The van der Waals surface area contributed by atoms with Gasteiger partial charge >= 0.3 is 6.18 Å². The normalized spacial score (nSPS) is 12.4. The minimum Gasteiger partial charge on any atom is -0.493 e. The van der Waals surface area contributed by atoms with E-state index >= 15 is 0 Å². The van der Waals surface area contributed by atoms with Crippen molar-refractivity contribution in [3.05, 3.63) is 46.8 Å². The van der Waals surface area contributed by atoms with Gasteiger partial charge in [0.1, 0.15) is 11.5 Å². The number of alkyl halides is 3. The topological polar surface area (TPSA) is 93.9 Å². The molecule has 0 aliphatic rings. The van der Waals surface area contributed by atoms with Crippen LogP contribution in [0.15, 0.2) is 33.9 Å². The quantitative estimate of drug-likeness (QED) is 0.276. The summed E-state index contributed by atoms with van der Waals surface area (Å²) in [6, 6.07) is 4.98. The molecule has 6 nitrogen and oxygen atoms in total. The van der Waals surface area contributed by atoms with Gasteiger partial charge in [0.25, 0.3) is 0 Å². The second kappa shape index (κ2) is 7.24. The Kier molecular flexibility index (Phi) is 5.32. The highest BCUT2D eigenvalue weighted by molar-refractivity contribution is 5.97. The van der Waals surface area contributed by atoms with Crippen LogP contribution in [-0.4, -0.2) is 22.8 Å². The highest BCUT2D eigenvalue weighted by Gasteiger charge is 2.35. The third-order valence-electron chi connectivity index (χ3n) is 3.19. The molecular formula is C15H16F3N3O3. The molecule has 0 atom stereocenters. The third-order valence-corrected chi connectivity index (χ3v) is 3.19. The van der Waals surface area contributed by atoms with Gasteiger partial charge in [-0.25, -0.2) is 0 Å². The molecule has 1 heterocycles. The lowest BCUT2D eigenvalue weighted by Crippen LogP contribution is -2.16. The van der Waals surface area contributed by atoms with E-state index in [-0.39, 0.29) is 17.9 Å². The van der Waals surface area contributed by atoms with Crippen LogP contribution in [0.5, 0.6) is 5.75 Å². The van der Waals surface area contributed by atoms with Crippen LogP contribution < -0.4 is 10.5 Å². The number of aryl methyl sites for hydroxylation is 2. The summed E-state index contributed by atoms with van der Waals surface area (Å²) in [7, 11) is 0. The molecule has 0 spiro atoms. The summed E-state index contributed by atoms with van der Waals surface area (Å²) in [5, 5.41) is 15.0. The van der Waals surface area contributed by atoms with Gasteiger partial charge in [0, 0.05) is 18.1 Å². The molecule has 0 aliphatic carbocycles. The smallest absolute Gasteiger partial charge is 0.419 e. The molecule has 1 aromatic heterocycles. The third kappa shape index (κ3) is 4.40. The number of benzene rings is 1. The Morgan fingerprint density at radius 2 is 2.12 bits per heavy atom. The summed E-state index contributed by atoms with van der Waals surface area (Å²) in [6.45, 7) is 1.85. The molecule has 0 aliphatic heterocycles. The summed E-state index contributed by atoms with van der Waals surface area (Å²) in [6.07, 6.45) is -3.65. The van der Waals surface area contributed by atoms with Crippen LogP contribution in [0, 0.1) is 6.92 Å². The lowest BCUT2D eigenvalue weighted by atomic mass is 10.1. The Morgan fingerprint density at radius 1 is 1.38 bits per heavy atom. The van der Waals surface area contributed by atoms with Crippen molar-refractivity contribution in [2.45, 2.75) is 25.9 Å². The first kappa shape index (κ1) is 17.6. The number of aromatic nitrogens is 1. The first-order valence-electron chi connectivity index (χ1n) is 7.05. The second-order valence-electron chi connectivity index (χ2n) is 5.08. The predicted molar refractivity (Wildman–Crippen MR) is 79.0 cm³/mol. The van der Waals surface area contributed by atoms with E-state index in [1.807, 2.05) is 0 Å². The maximum atomic E-state index is 13.1. The van der Waals surface area contributed by atoms with Crippen LogP contribution in [0.25, 0.3) is 0 Å². The second-order valence-corrected chi connectivity index (χ2v) is 5.08. The van der Waals surface area contributed by atoms with Crippen molar-refractivity contribution in [2.75, 3.05) is 6.61 Å². The largest absolute Gasteiger partial charge is 0.493 e. The van der Waals surface area contributed by atoms with Crippen molar-refractivity contribution in [3.8, 4) is 5.75 Å². The van der Waals surface area contributed by atoms with Crippen LogP contribution in [0.4, 0.5) is 13.2 Å². The predicted octanol–water partition coefficient (Wildman–Crippen LogP) is 3.11. The molecule has 130 valence electrons. The minimum absolute atomic E-state index is 0.0469. The molecule has 0 radical (unpaired) electrons. The molecule has 9 heteroatoms. The molecule has 1 aromatic carbocycles. The Morgan fingerprint density at radius 3 is 2.71 bits per heavy atom. The van der Waals surface area contributed by atoms with Crippen LogP contribution in [0.2, 0.25) is 0 Å². The first-order chi connectivity index (χ1) is 11.3. The fourth-order valence-electron chi connectivity index (χ4n) is 2.06. The SMILES string of the molecule is Cc1cc(CCCOc2ccc(/C(N)=N/O)cc2C(F)(F)F)on1. The number of amidine groups is 1. The summed E-state index contributed by atoms with van der Waals surface area (Å²) in [5.41, 5.74) is 5.03. The molecule has 0 unspecified atom stereocenters. The molecule has 0 bridgehead atoms. The van der Waals surface area contributed by atoms with Crippen LogP contribution in [-0.2, 0) is 12.6 Å². The van der Waals surface area contributed by atoms with E-state index in [1.165, 1.54) is 6.07 Å². The zero-order valence-corrected chi connectivity index (χ0v) is 12.8. The van der Waals surface area contributed by atoms with Gasteiger partial charge in [0.05, 0.1) is 17.9 Å². The highest BCUT2D eigenvalue weighted by atomic mass is 19.4. The van der Waals surface area contributed by atoms with E-state index in [2.05, 4.69) is 10.3 Å². The zero-order chi connectivity index (χ0) is 17.7. The van der Waals surface area contributed by atoms with Gasteiger partial charge in [-0.2, -0.15) is 13.2 Å². The molecule has 24 heavy (non-hydrogen) atoms. The number of rotatable bonds is 6. The zero-order valence-electron chi connectivity index (χ0n) is 12.8. The molecule has 0 saturated carbocycles. The van der Waals surface area contributed by atoms with Crippen molar-refractivity contribution < 1.29 is 27.6 Å². The number of hydrogen-bond donors (Lipinski definition) is 2. The number of hydrogen-bond acceptors (Lipinski definition) is 5. The number of nitrogens with two attached hydrogens (primary N) is 1. The van der Waals surface area contributed by atoms with Crippen molar-refractivity contribution in [2.24, 2.45) is 10.9 Å². The molecular weight excluding hydrogens is 327 g/mol. The summed E-state index contributed by atoms with van der Waals surface area (Å²) < 4.78 is 49.6. The van der Waals surface area contributed by atoms with E-state index in [9.17, 15) is 13.2 Å². The van der Waals surface area contributed by atoms with Crippen LogP contribution in [0.3, 0.4) is 0 Å². The van der Waals surface area contributed by atoms with E-state index < -0.39 is 17.6 Å². The molecule has 2 rings (SSSR count). The van der Waals surface area contributed by atoms with E-state index in [1.54, 1.807) is 13.0 Å². The standard InChI is InChI=1S/C15H16F3N3O3/c1-9-7-11(24-21-9)3-2-6-23-13-5-4-10(14(19)20-22)8-12(13)15(16,17)18/h4-5,7-8,22H,2-3,6H2,1H3,(H2,19,20). The lowest BCUT2D eigenvalue weighted by Gasteiger charge is -2.15. The molecule has 0 fully saturated rings. The van der Waals surface area contributed by atoms with Crippen molar-refractivity contribution in [1.29, 1.82) is 0 Å². The maximum Gasteiger partial charge on any atom is 0.419 e. The number of oxime groups is 1. The summed E-state index contributed by atoms with van der Waals surface area (Å²) >= 11 is 0. The van der Waals surface area contributed by atoms with Crippen molar-refractivity contribution >= 4 is 5.84 Å². The van der Waals surface area contributed by atoms with Crippen molar-refractivity contribution in [1.82, 2.24) is 5.16 Å². The van der Waals surface area contributed by atoms with Gasteiger partial charge in [-0.15, -0.1) is 0 Å². The van der Waals surface area contributed by atoms with E-state index in [4.69, 9.17) is 20.2 Å². The maximum absolute atomic E-state index is 13.1. The fourth-order valence-corrected chi connectivity index (χ4v) is 2.06. The van der Waals surface area contributed by atoms with E-state index in [0.29, 0.717) is 18.6 Å². The van der Waals surface area contributed by atoms with Gasteiger partial charge in [0.2, 0.25) is 0 Å². The van der Waals surface area contributed by atoms with Gasteiger partial charge in [-0.05, 0) is 31.5 Å². The number of halogens is 3. The van der Waals surface area contributed by atoms with Crippen LogP contribution >= 0.6 is 0 Å². The Hall–Kier alpha value is -2.71. The number of ether oxygens (including phenoxy) is 1. The molecule has 0 saturated heterocycles. The Bertz CT molecular complexity index is 726. The fraction of sp³-hybridized carbons (Fsp3) is 0.333. The summed E-state index contributed by atoms with van der Waals surface area (Å²) in [4.78, 5) is 0. The monoisotopic (exact) mass is 343 g/mol. The number of nitrogens with zero attached hydrogens (tertiary/aromatic N) is 2. The first-order valence-corrected chi connectivity index (χ1v) is 7.05. The molecule has 3 N–H and O–H groups in total. The van der Waals surface area contributed by atoms with Crippen LogP contribution in [0.1, 0.15) is 29.0 Å². The summed E-state index contributed by atoms with van der Waals surface area (Å²) in [5.74, 6) is -0.0760. The minimum atomic E-state index is -4.62. The van der Waals surface area contributed by atoms with Gasteiger partial charge in [-0.1, -0.05) is 10.3 Å². The van der Waals surface area contributed by atoms with Crippen molar-refractivity contribution in [3.63, 3.8) is 0 Å². The Labute approximate surface area is 135 Å².